The molecule has 0 saturated carbocycles. The van der Waals surface area contributed by atoms with E-state index < -0.39 is 12.2 Å². The molecule has 1 heterocycles. The highest BCUT2D eigenvalue weighted by molar-refractivity contribution is 9.11. The second kappa shape index (κ2) is 7.45. The fourth-order valence-electron chi connectivity index (χ4n) is 2.24. The second-order valence-electron chi connectivity index (χ2n) is 4.40. The molecule has 0 bridgehead atoms. The van der Waals surface area contributed by atoms with E-state index in [-0.39, 0.29) is 18.0 Å². The van der Waals surface area contributed by atoms with Gasteiger partial charge < -0.3 is 5.32 Å². The first-order chi connectivity index (χ1) is 8.89. The first kappa shape index (κ1) is 18.2. The number of nitrogens with one attached hydrogen (secondary N) is 1. The largest absolute Gasteiger partial charge is 0.408 e. The van der Waals surface area contributed by atoms with Gasteiger partial charge in [-0.05, 0) is 23.8 Å². The highest BCUT2D eigenvalue weighted by Gasteiger charge is 2.45. The van der Waals surface area contributed by atoms with E-state index in [1.54, 1.807) is 12.1 Å². The molecule has 0 spiro atoms. The lowest BCUT2D eigenvalue weighted by atomic mass is 10.0. The van der Waals surface area contributed by atoms with Gasteiger partial charge in [-0.3, -0.25) is 4.90 Å². The van der Waals surface area contributed by atoms with Crippen LogP contribution < -0.4 is 5.32 Å². The number of piperazine rings is 1. The zero-order chi connectivity index (χ0) is 14.0. The summed E-state index contributed by atoms with van der Waals surface area (Å²) in [5.74, 6) is 0. The smallest absolute Gasteiger partial charge is 0.314 e. The lowest BCUT2D eigenvalue weighted by Crippen LogP contribution is -2.49. The minimum absolute atomic E-state index is 0. The standard InChI is InChI=1S/C12H13Br2F3N2.ClH/c13-8-1-2-10(14)9(7-8)11(12(15,16)17)19-5-3-18-4-6-19;/h1-2,7,11,18H,3-6H2;1H/t11-;/m1./s1. The van der Waals surface area contributed by atoms with E-state index in [1.165, 1.54) is 11.0 Å². The van der Waals surface area contributed by atoms with Gasteiger partial charge >= 0.3 is 6.18 Å². The summed E-state index contributed by atoms with van der Waals surface area (Å²) in [5, 5.41) is 3.07. The minimum atomic E-state index is -4.29. The van der Waals surface area contributed by atoms with Crippen molar-refractivity contribution in [2.24, 2.45) is 0 Å². The Bertz CT molecular complexity index is 451. The van der Waals surface area contributed by atoms with Crippen molar-refractivity contribution in [2.45, 2.75) is 12.2 Å². The minimum Gasteiger partial charge on any atom is -0.314 e. The maximum atomic E-state index is 13.4. The normalized spacial score (nSPS) is 18.4. The van der Waals surface area contributed by atoms with Crippen molar-refractivity contribution in [2.75, 3.05) is 26.2 Å². The van der Waals surface area contributed by atoms with Crippen molar-refractivity contribution >= 4 is 44.3 Å². The van der Waals surface area contributed by atoms with E-state index in [1.807, 2.05) is 0 Å². The summed E-state index contributed by atoms with van der Waals surface area (Å²) >= 11 is 6.46. The third-order valence-corrected chi connectivity index (χ3v) is 4.29. The molecule has 1 N–H and O–H groups in total. The zero-order valence-electron chi connectivity index (χ0n) is 10.4. The molecule has 0 amide bonds. The summed E-state index contributed by atoms with van der Waals surface area (Å²) in [7, 11) is 0. The number of rotatable bonds is 2. The van der Waals surface area contributed by atoms with Gasteiger partial charge in [0.05, 0.1) is 0 Å². The number of nitrogens with zero attached hydrogens (tertiary/aromatic N) is 1. The number of benzene rings is 1. The van der Waals surface area contributed by atoms with Crippen LogP contribution in [0.25, 0.3) is 0 Å². The predicted octanol–water partition coefficient (Wildman–Crippen LogP) is 4.14. The molecular weight excluding hydrogens is 424 g/mol. The SMILES string of the molecule is Cl.FC(F)(F)[C@@H](c1cc(Br)ccc1Br)N1CCNCC1. The Kier molecular flexibility index (Phi) is 6.79. The van der Waals surface area contributed by atoms with Crippen LogP contribution in [0.15, 0.2) is 27.1 Å². The van der Waals surface area contributed by atoms with Gasteiger partial charge in [0.25, 0.3) is 0 Å². The third kappa shape index (κ3) is 4.34. The average molecular weight is 439 g/mol. The highest BCUT2D eigenvalue weighted by atomic mass is 79.9. The summed E-state index contributed by atoms with van der Waals surface area (Å²) in [6.45, 7) is 1.95. The lowest BCUT2D eigenvalue weighted by Gasteiger charge is -2.36. The molecule has 2 rings (SSSR count). The molecule has 1 fully saturated rings. The van der Waals surface area contributed by atoms with E-state index in [4.69, 9.17) is 0 Å². The number of alkyl halides is 3. The summed E-state index contributed by atoms with van der Waals surface area (Å²) in [5.41, 5.74) is 0.253. The van der Waals surface area contributed by atoms with E-state index in [9.17, 15) is 13.2 Å². The predicted molar refractivity (Wildman–Crippen MR) is 82.3 cm³/mol. The Balaban J connectivity index is 0.00000200. The van der Waals surface area contributed by atoms with Crippen molar-refractivity contribution in [1.82, 2.24) is 10.2 Å². The summed E-state index contributed by atoms with van der Waals surface area (Å²) in [6, 6.07) is 3.32. The topological polar surface area (TPSA) is 15.3 Å². The fraction of sp³-hybridized carbons (Fsp3) is 0.500. The van der Waals surface area contributed by atoms with Crippen LogP contribution in [0.2, 0.25) is 0 Å². The Morgan fingerprint density at radius 3 is 2.30 bits per heavy atom. The molecule has 1 aromatic rings. The van der Waals surface area contributed by atoms with Crippen molar-refractivity contribution in [3.05, 3.63) is 32.7 Å². The van der Waals surface area contributed by atoms with E-state index >= 15 is 0 Å². The number of halogens is 6. The summed E-state index contributed by atoms with van der Waals surface area (Å²) < 4.78 is 41.3. The molecule has 2 nitrogen and oxygen atoms in total. The van der Waals surface area contributed by atoms with Gasteiger partial charge in [0.15, 0.2) is 0 Å². The van der Waals surface area contributed by atoms with Crippen molar-refractivity contribution in [3.63, 3.8) is 0 Å². The molecule has 1 aliphatic heterocycles. The molecule has 0 aliphatic carbocycles. The zero-order valence-corrected chi connectivity index (χ0v) is 14.4. The molecule has 1 aromatic carbocycles. The van der Waals surface area contributed by atoms with Gasteiger partial charge in [-0.15, -0.1) is 12.4 Å². The van der Waals surface area contributed by atoms with Crippen LogP contribution in [0.1, 0.15) is 11.6 Å². The molecule has 20 heavy (non-hydrogen) atoms. The molecule has 1 atom stereocenters. The molecule has 0 unspecified atom stereocenters. The first-order valence-electron chi connectivity index (χ1n) is 5.86. The molecule has 1 saturated heterocycles. The van der Waals surface area contributed by atoms with E-state index in [0.717, 1.165) is 0 Å². The van der Waals surface area contributed by atoms with Crippen LogP contribution in [0, 0.1) is 0 Å². The van der Waals surface area contributed by atoms with E-state index in [2.05, 4.69) is 37.2 Å². The van der Waals surface area contributed by atoms with Gasteiger partial charge in [-0.25, -0.2) is 0 Å². The molecule has 1 aliphatic rings. The van der Waals surface area contributed by atoms with Crippen LogP contribution in [-0.4, -0.2) is 37.3 Å². The molecular formula is C12H14Br2ClF3N2. The fourth-order valence-corrected chi connectivity index (χ4v) is 3.09. The van der Waals surface area contributed by atoms with Gasteiger partial charge in [-0.2, -0.15) is 13.2 Å². The van der Waals surface area contributed by atoms with Gasteiger partial charge in [-0.1, -0.05) is 31.9 Å². The monoisotopic (exact) mass is 436 g/mol. The van der Waals surface area contributed by atoms with Gasteiger partial charge in [0.1, 0.15) is 6.04 Å². The maximum Gasteiger partial charge on any atom is 0.408 e. The quantitative estimate of drug-likeness (QED) is 0.747. The lowest BCUT2D eigenvalue weighted by molar-refractivity contribution is -0.188. The number of hydrogen-bond donors (Lipinski definition) is 1. The Labute approximate surface area is 138 Å². The van der Waals surface area contributed by atoms with Crippen LogP contribution in [0.4, 0.5) is 13.2 Å². The molecule has 0 aromatic heterocycles. The highest BCUT2D eigenvalue weighted by Crippen LogP contribution is 2.41. The Morgan fingerprint density at radius 1 is 1.15 bits per heavy atom. The summed E-state index contributed by atoms with van der Waals surface area (Å²) in [4.78, 5) is 1.48. The van der Waals surface area contributed by atoms with Crippen LogP contribution in [-0.2, 0) is 0 Å². The van der Waals surface area contributed by atoms with Crippen molar-refractivity contribution in [3.8, 4) is 0 Å². The van der Waals surface area contributed by atoms with E-state index in [0.29, 0.717) is 35.1 Å². The number of hydrogen-bond acceptors (Lipinski definition) is 2. The first-order valence-corrected chi connectivity index (χ1v) is 7.44. The van der Waals surface area contributed by atoms with Crippen molar-refractivity contribution in [1.29, 1.82) is 0 Å². The summed E-state index contributed by atoms with van der Waals surface area (Å²) in [6.07, 6.45) is -4.29. The van der Waals surface area contributed by atoms with Gasteiger partial charge in [0.2, 0.25) is 0 Å². The van der Waals surface area contributed by atoms with Crippen LogP contribution in [0.3, 0.4) is 0 Å². The van der Waals surface area contributed by atoms with Crippen molar-refractivity contribution < 1.29 is 13.2 Å². The Morgan fingerprint density at radius 2 is 1.75 bits per heavy atom. The van der Waals surface area contributed by atoms with Crippen LogP contribution in [0.5, 0.6) is 0 Å². The Hall–Kier alpha value is 0.180. The molecule has 8 heteroatoms. The van der Waals surface area contributed by atoms with Gasteiger partial charge in [0, 0.05) is 35.1 Å². The molecule has 0 radical (unpaired) electrons. The van der Waals surface area contributed by atoms with Crippen LogP contribution >= 0.6 is 44.3 Å². The second-order valence-corrected chi connectivity index (χ2v) is 6.17. The third-order valence-electron chi connectivity index (χ3n) is 3.08. The molecule has 114 valence electrons. The maximum absolute atomic E-state index is 13.4. The average Bonchev–Trinajstić information content (AvgIpc) is 2.33.